The lowest BCUT2D eigenvalue weighted by Gasteiger charge is -2.32. The first-order chi connectivity index (χ1) is 6.01. The zero-order chi connectivity index (χ0) is 10.5. The van der Waals surface area contributed by atoms with Crippen molar-refractivity contribution in [2.75, 3.05) is 21.1 Å². The van der Waals surface area contributed by atoms with Gasteiger partial charge in [0.25, 0.3) is 0 Å². The highest BCUT2D eigenvalue weighted by molar-refractivity contribution is 5.85. The van der Waals surface area contributed by atoms with Crippen LogP contribution in [0.15, 0.2) is 12.2 Å². The first kappa shape index (κ1) is 12.1. The van der Waals surface area contributed by atoms with Gasteiger partial charge in [0.2, 0.25) is 0 Å². The van der Waals surface area contributed by atoms with Gasteiger partial charge in [0.05, 0.1) is 0 Å². The minimum Gasteiger partial charge on any atom is -0.478 e. The third-order valence-electron chi connectivity index (χ3n) is 2.06. The van der Waals surface area contributed by atoms with Crippen molar-refractivity contribution in [1.82, 2.24) is 16.0 Å². The maximum atomic E-state index is 10.5. The molecule has 0 aromatic rings. The molecule has 0 fully saturated rings. The SMILES string of the molecule is C=C(CC(NC)(NC)NC)C(=O)O. The Kier molecular flexibility index (Phi) is 4.61. The van der Waals surface area contributed by atoms with Crippen LogP contribution in [0.1, 0.15) is 6.42 Å². The molecule has 13 heavy (non-hydrogen) atoms. The first-order valence-electron chi connectivity index (χ1n) is 3.99. The van der Waals surface area contributed by atoms with Gasteiger partial charge in [-0.05, 0) is 21.1 Å². The van der Waals surface area contributed by atoms with Crippen LogP contribution in [0.5, 0.6) is 0 Å². The Hall–Kier alpha value is -0.910. The second-order valence-electron chi connectivity index (χ2n) is 2.74. The predicted octanol–water partition coefficient (Wildman–Crippen LogP) is -0.671. The Balaban J connectivity index is 4.42. The van der Waals surface area contributed by atoms with Crippen molar-refractivity contribution in [2.45, 2.75) is 12.2 Å². The molecular weight excluding hydrogens is 170 g/mol. The smallest absolute Gasteiger partial charge is 0.331 e. The normalized spacial score (nSPS) is 11.3. The van der Waals surface area contributed by atoms with Gasteiger partial charge in [0.1, 0.15) is 5.79 Å². The molecule has 0 amide bonds. The van der Waals surface area contributed by atoms with Crippen LogP contribution in [0.4, 0.5) is 0 Å². The number of hydrogen-bond donors (Lipinski definition) is 4. The van der Waals surface area contributed by atoms with Crippen LogP contribution in [0, 0.1) is 0 Å². The van der Waals surface area contributed by atoms with Crippen molar-refractivity contribution in [1.29, 1.82) is 0 Å². The van der Waals surface area contributed by atoms with E-state index in [1.165, 1.54) is 0 Å². The number of rotatable bonds is 6. The van der Waals surface area contributed by atoms with Gasteiger partial charge in [-0.15, -0.1) is 0 Å². The molecule has 0 radical (unpaired) electrons. The summed E-state index contributed by atoms with van der Waals surface area (Å²) in [5, 5.41) is 17.5. The van der Waals surface area contributed by atoms with E-state index >= 15 is 0 Å². The summed E-state index contributed by atoms with van der Waals surface area (Å²) in [6.45, 7) is 3.46. The van der Waals surface area contributed by atoms with E-state index in [4.69, 9.17) is 5.11 Å². The minimum absolute atomic E-state index is 0.151. The number of aliphatic carboxylic acids is 1. The Bertz CT molecular complexity index is 191. The zero-order valence-corrected chi connectivity index (χ0v) is 8.27. The monoisotopic (exact) mass is 187 g/mol. The summed E-state index contributed by atoms with van der Waals surface area (Å²) in [6.07, 6.45) is 0.284. The average molecular weight is 187 g/mol. The summed E-state index contributed by atoms with van der Waals surface area (Å²) < 4.78 is 0. The number of hydrogen-bond acceptors (Lipinski definition) is 4. The van der Waals surface area contributed by atoms with Crippen molar-refractivity contribution < 1.29 is 9.90 Å². The number of carboxylic acid groups (broad SMARTS) is 1. The molecule has 0 bridgehead atoms. The molecule has 76 valence electrons. The number of carboxylic acids is 1. The van der Waals surface area contributed by atoms with Gasteiger partial charge in [0.15, 0.2) is 0 Å². The van der Waals surface area contributed by atoms with Crippen molar-refractivity contribution in [3.8, 4) is 0 Å². The van der Waals surface area contributed by atoms with Crippen LogP contribution < -0.4 is 16.0 Å². The molecule has 0 atom stereocenters. The summed E-state index contributed by atoms with van der Waals surface area (Å²) >= 11 is 0. The maximum Gasteiger partial charge on any atom is 0.331 e. The Labute approximate surface area is 78.2 Å². The van der Waals surface area contributed by atoms with Gasteiger partial charge in [-0.3, -0.25) is 16.0 Å². The highest BCUT2D eigenvalue weighted by Crippen LogP contribution is 2.08. The van der Waals surface area contributed by atoms with E-state index in [0.29, 0.717) is 0 Å². The fraction of sp³-hybridized carbons (Fsp3) is 0.625. The Morgan fingerprint density at radius 3 is 1.92 bits per heavy atom. The summed E-state index contributed by atoms with van der Waals surface area (Å²) in [5.41, 5.74) is 0.151. The zero-order valence-electron chi connectivity index (χ0n) is 8.27. The molecule has 0 heterocycles. The minimum atomic E-state index is -0.981. The lowest BCUT2D eigenvalue weighted by atomic mass is 10.1. The van der Waals surface area contributed by atoms with E-state index in [1.54, 1.807) is 21.1 Å². The molecular formula is C8H17N3O2. The van der Waals surface area contributed by atoms with Gasteiger partial charge in [-0.2, -0.15) is 0 Å². The van der Waals surface area contributed by atoms with Gasteiger partial charge < -0.3 is 5.11 Å². The lowest BCUT2D eigenvalue weighted by molar-refractivity contribution is -0.133. The van der Waals surface area contributed by atoms with Crippen LogP contribution in [0.2, 0.25) is 0 Å². The molecule has 0 rings (SSSR count). The van der Waals surface area contributed by atoms with E-state index in [-0.39, 0.29) is 12.0 Å². The molecule has 4 N–H and O–H groups in total. The molecule has 0 aliphatic heterocycles. The molecule has 0 aromatic heterocycles. The van der Waals surface area contributed by atoms with E-state index < -0.39 is 11.8 Å². The van der Waals surface area contributed by atoms with Crippen LogP contribution in [-0.2, 0) is 4.79 Å². The Morgan fingerprint density at radius 1 is 1.31 bits per heavy atom. The van der Waals surface area contributed by atoms with Gasteiger partial charge >= 0.3 is 5.97 Å². The van der Waals surface area contributed by atoms with Crippen LogP contribution in [-0.4, -0.2) is 38.0 Å². The number of carbonyl (C=O) groups is 1. The van der Waals surface area contributed by atoms with Crippen LogP contribution in [0.25, 0.3) is 0 Å². The molecule has 0 unspecified atom stereocenters. The quantitative estimate of drug-likeness (QED) is 0.328. The van der Waals surface area contributed by atoms with E-state index in [0.717, 1.165) is 0 Å². The van der Waals surface area contributed by atoms with E-state index in [2.05, 4.69) is 22.5 Å². The molecule has 5 nitrogen and oxygen atoms in total. The topological polar surface area (TPSA) is 73.4 Å². The lowest BCUT2D eigenvalue weighted by Crippen LogP contribution is -2.63. The molecule has 5 heteroatoms. The fourth-order valence-electron chi connectivity index (χ4n) is 1.04. The van der Waals surface area contributed by atoms with Crippen LogP contribution in [0.3, 0.4) is 0 Å². The maximum absolute atomic E-state index is 10.5. The standard InChI is InChI=1S/C8H17N3O2/c1-6(7(12)13)5-8(9-2,10-3)11-4/h9-11H,1,5H2,2-4H3,(H,12,13). The molecule has 0 aliphatic carbocycles. The fourth-order valence-corrected chi connectivity index (χ4v) is 1.04. The summed E-state index contributed by atoms with van der Waals surface area (Å²) in [7, 11) is 5.21. The van der Waals surface area contributed by atoms with Gasteiger partial charge in [0, 0.05) is 12.0 Å². The molecule has 0 spiro atoms. The highest BCUT2D eigenvalue weighted by Gasteiger charge is 2.26. The van der Waals surface area contributed by atoms with Crippen LogP contribution >= 0.6 is 0 Å². The third-order valence-corrected chi connectivity index (χ3v) is 2.06. The summed E-state index contributed by atoms with van der Waals surface area (Å²) in [4.78, 5) is 10.5. The first-order valence-corrected chi connectivity index (χ1v) is 3.99. The summed E-state index contributed by atoms with van der Waals surface area (Å²) in [6, 6.07) is 0. The second-order valence-corrected chi connectivity index (χ2v) is 2.74. The van der Waals surface area contributed by atoms with Gasteiger partial charge in [-0.25, -0.2) is 4.79 Å². The average Bonchev–Trinajstić information content (AvgIpc) is 2.14. The number of nitrogens with one attached hydrogen (secondary N) is 3. The van der Waals surface area contributed by atoms with Gasteiger partial charge in [-0.1, -0.05) is 6.58 Å². The Morgan fingerprint density at radius 2 is 1.69 bits per heavy atom. The molecule has 0 saturated carbocycles. The highest BCUT2D eigenvalue weighted by atomic mass is 16.4. The largest absolute Gasteiger partial charge is 0.478 e. The van der Waals surface area contributed by atoms with E-state index in [1.807, 2.05) is 0 Å². The van der Waals surface area contributed by atoms with Crippen molar-refractivity contribution >= 4 is 5.97 Å². The van der Waals surface area contributed by atoms with Crippen molar-refractivity contribution in [3.05, 3.63) is 12.2 Å². The summed E-state index contributed by atoms with van der Waals surface area (Å²) in [5.74, 6) is -1.58. The molecule has 0 aromatic carbocycles. The molecule has 0 saturated heterocycles. The van der Waals surface area contributed by atoms with E-state index in [9.17, 15) is 4.79 Å². The van der Waals surface area contributed by atoms with Crippen molar-refractivity contribution in [2.24, 2.45) is 0 Å². The second kappa shape index (κ2) is 4.96. The van der Waals surface area contributed by atoms with Crippen molar-refractivity contribution in [3.63, 3.8) is 0 Å². The third kappa shape index (κ3) is 3.14. The molecule has 0 aliphatic rings. The predicted molar refractivity (Wildman–Crippen MR) is 51.3 cm³/mol.